The maximum atomic E-state index is 3.36. The lowest BCUT2D eigenvalue weighted by Crippen LogP contribution is -1.47. The molecule has 0 radical (unpaired) electrons. The van der Waals surface area contributed by atoms with Gasteiger partial charge in [-0.2, -0.15) is 10.2 Å². The Bertz CT molecular complexity index is 129. The molecule has 0 aliphatic rings. The third kappa shape index (κ3) is 52.9. The molecule has 2 nitrogen and oxygen atoms in total. The van der Waals surface area contributed by atoms with E-state index in [1.165, 1.54) is 0 Å². The van der Waals surface area contributed by atoms with E-state index >= 15 is 0 Å². The number of nitrogens with zero attached hydrogens (tertiary/aromatic N) is 2. The normalized spacial score (nSPS) is 6.50. The summed E-state index contributed by atoms with van der Waals surface area (Å²) in [5.41, 5.74) is 0. The molecule has 0 aliphatic carbocycles. The van der Waals surface area contributed by atoms with Gasteiger partial charge in [-0.1, -0.05) is 77.9 Å². The van der Waals surface area contributed by atoms with Gasteiger partial charge in [0.1, 0.15) is 0 Å². The van der Waals surface area contributed by atoms with Crippen molar-refractivity contribution < 1.29 is 0 Å². The maximum absolute atomic E-state index is 3.36. The standard InChI is InChI=1S/C6H6.C2H6N2.3C2H6/c1-2-4-6-5-3-1;1-3-4-2;3*1-2/h1-6H;1-2H3;3*1-2H3. The van der Waals surface area contributed by atoms with Crippen LogP contribution in [0.2, 0.25) is 0 Å². The average Bonchev–Trinajstić information content (AvgIpc) is 2.47. The molecule has 0 saturated carbocycles. The van der Waals surface area contributed by atoms with Crippen LogP contribution in [0, 0.1) is 0 Å². The van der Waals surface area contributed by atoms with Gasteiger partial charge in [-0.25, -0.2) is 0 Å². The van der Waals surface area contributed by atoms with Crippen LogP contribution >= 0.6 is 0 Å². The Kier molecular flexibility index (Phi) is 73.8. The second-order valence-corrected chi connectivity index (χ2v) is 1.55. The highest BCUT2D eigenvalue weighted by atomic mass is 15.0. The average molecular weight is 226 g/mol. The monoisotopic (exact) mass is 226 g/mol. The Morgan fingerprint density at radius 1 is 0.438 bits per heavy atom. The predicted molar refractivity (Wildman–Crippen MR) is 77.2 cm³/mol. The van der Waals surface area contributed by atoms with Gasteiger partial charge in [-0.3, -0.25) is 0 Å². The first kappa shape index (κ1) is 24.2. The number of azo groups is 1. The second kappa shape index (κ2) is 48.8. The molecule has 2 heteroatoms. The lowest BCUT2D eigenvalue weighted by molar-refractivity contribution is 1.11. The lowest BCUT2D eigenvalue weighted by Gasteiger charge is -1.69. The Hall–Kier alpha value is -1.18. The molecule has 0 amide bonds. The van der Waals surface area contributed by atoms with Crippen molar-refractivity contribution in [3.05, 3.63) is 36.4 Å². The van der Waals surface area contributed by atoms with Crippen LogP contribution in [0.4, 0.5) is 0 Å². The van der Waals surface area contributed by atoms with E-state index in [4.69, 9.17) is 0 Å². The summed E-state index contributed by atoms with van der Waals surface area (Å²) in [4.78, 5) is 0. The van der Waals surface area contributed by atoms with Crippen LogP contribution in [0.5, 0.6) is 0 Å². The highest BCUT2D eigenvalue weighted by Crippen LogP contribution is 1.79. The third-order valence-corrected chi connectivity index (χ3v) is 0.867. The Labute approximate surface area is 103 Å². The Balaban J connectivity index is -0.0000000639. The largest absolute Gasteiger partial charge is 0.198 e. The van der Waals surface area contributed by atoms with E-state index < -0.39 is 0 Å². The summed E-state index contributed by atoms with van der Waals surface area (Å²) in [6, 6.07) is 12.0. The molecule has 0 unspecified atom stereocenters. The molecule has 16 heavy (non-hydrogen) atoms. The zero-order valence-corrected chi connectivity index (χ0v) is 12.4. The van der Waals surface area contributed by atoms with E-state index in [2.05, 4.69) is 10.2 Å². The van der Waals surface area contributed by atoms with E-state index in [-0.39, 0.29) is 0 Å². The van der Waals surface area contributed by atoms with Gasteiger partial charge in [0.25, 0.3) is 0 Å². The molecule has 1 aromatic rings. The van der Waals surface area contributed by atoms with Crippen molar-refractivity contribution in [1.82, 2.24) is 0 Å². The summed E-state index contributed by atoms with van der Waals surface area (Å²) in [7, 11) is 3.28. The number of rotatable bonds is 0. The van der Waals surface area contributed by atoms with Crippen LogP contribution in [0.3, 0.4) is 0 Å². The molecule has 0 atom stereocenters. The minimum atomic E-state index is 1.64. The molecule has 0 N–H and O–H groups in total. The topological polar surface area (TPSA) is 24.7 Å². The van der Waals surface area contributed by atoms with E-state index in [0.717, 1.165) is 0 Å². The summed E-state index contributed by atoms with van der Waals surface area (Å²) in [5, 5.41) is 6.72. The Morgan fingerprint density at radius 2 is 0.562 bits per heavy atom. The first-order valence-corrected chi connectivity index (χ1v) is 6.09. The van der Waals surface area contributed by atoms with Gasteiger partial charge in [0, 0.05) is 14.1 Å². The van der Waals surface area contributed by atoms with E-state index in [0.29, 0.717) is 0 Å². The molecule has 1 aromatic carbocycles. The first-order chi connectivity index (χ1) is 7.91. The van der Waals surface area contributed by atoms with Crippen molar-refractivity contribution in [2.75, 3.05) is 14.1 Å². The number of hydrogen-bond donors (Lipinski definition) is 0. The predicted octanol–water partition coefficient (Wildman–Crippen LogP) is 5.46. The smallest absolute Gasteiger partial charge is 0.0487 e. The molecule has 0 aliphatic heterocycles. The van der Waals surface area contributed by atoms with Crippen LogP contribution in [0.25, 0.3) is 0 Å². The molecular weight excluding hydrogens is 196 g/mol. The van der Waals surface area contributed by atoms with Gasteiger partial charge in [-0.05, 0) is 0 Å². The van der Waals surface area contributed by atoms with Crippen molar-refractivity contribution in [3.63, 3.8) is 0 Å². The van der Waals surface area contributed by atoms with E-state index in [9.17, 15) is 0 Å². The van der Waals surface area contributed by atoms with Gasteiger partial charge >= 0.3 is 0 Å². The lowest BCUT2D eigenvalue weighted by atomic mass is 10.4. The van der Waals surface area contributed by atoms with Gasteiger partial charge in [0.05, 0.1) is 0 Å². The van der Waals surface area contributed by atoms with E-state index in [1.807, 2.05) is 77.9 Å². The van der Waals surface area contributed by atoms with Gasteiger partial charge in [-0.15, -0.1) is 0 Å². The van der Waals surface area contributed by atoms with Crippen molar-refractivity contribution in [2.24, 2.45) is 10.2 Å². The summed E-state index contributed by atoms with van der Waals surface area (Å²) in [5.74, 6) is 0. The molecule has 1 rings (SSSR count). The highest BCUT2D eigenvalue weighted by molar-refractivity contribution is 4.99. The second-order valence-electron chi connectivity index (χ2n) is 1.55. The van der Waals surface area contributed by atoms with Crippen LogP contribution in [0.15, 0.2) is 46.6 Å². The first-order valence-electron chi connectivity index (χ1n) is 6.09. The fourth-order valence-electron chi connectivity index (χ4n) is 0.385. The quantitative estimate of drug-likeness (QED) is 0.524. The molecule has 0 heterocycles. The fraction of sp³-hybridized carbons (Fsp3) is 0.571. The molecule has 96 valence electrons. The molecule has 0 saturated heterocycles. The minimum Gasteiger partial charge on any atom is -0.198 e. The van der Waals surface area contributed by atoms with Crippen molar-refractivity contribution >= 4 is 0 Å². The zero-order chi connectivity index (χ0) is 13.7. The molecular formula is C14H30N2. The van der Waals surface area contributed by atoms with Crippen LogP contribution < -0.4 is 0 Å². The van der Waals surface area contributed by atoms with Crippen LogP contribution in [0.1, 0.15) is 41.5 Å². The molecule has 0 aromatic heterocycles. The van der Waals surface area contributed by atoms with Crippen molar-refractivity contribution in [1.29, 1.82) is 0 Å². The molecule has 0 fully saturated rings. The van der Waals surface area contributed by atoms with Crippen molar-refractivity contribution in [2.45, 2.75) is 41.5 Å². The SMILES string of the molecule is CC.CC.CC.CN=NC.c1ccccc1. The molecule has 0 spiro atoms. The van der Waals surface area contributed by atoms with Crippen LogP contribution in [-0.4, -0.2) is 14.1 Å². The summed E-state index contributed by atoms with van der Waals surface area (Å²) < 4.78 is 0. The third-order valence-electron chi connectivity index (χ3n) is 0.867. The maximum Gasteiger partial charge on any atom is 0.0487 e. The van der Waals surface area contributed by atoms with Crippen molar-refractivity contribution in [3.8, 4) is 0 Å². The number of hydrogen-bond acceptors (Lipinski definition) is 2. The summed E-state index contributed by atoms with van der Waals surface area (Å²) >= 11 is 0. The molecule has 0 bridgehead atoms. The van der Waals surface area contributed by atoms with E-state index in [1.54, 1.807) is 14.1 Å². The Morgan fingerprint density at radius 3 is 0.625 bits per heavy atom. The van der Waals surface area contributed by atoms with Crippen LogP contribution in [-0.2, 0) is 0 Å². The minimum absolute atomic E-state index is 1.64. The summed E-state index contributed by atoms with van der Waals surface area (Å²) in [6.07, 6.45) is 0. The fourth-order valence-corrected chi connectivity index (χ4v) is 0.385. The number of benzene rings is 1. The van der Waals surface area contributed by atoms with Gasteiger partial charge in [0.15, 0.2) is 0 Å². The van der Waals surface area contributed by atoms with Gasteiger partial charge < -0.3 is 0 Å². The summed E-state index contributed by atoms with van der Waals surface area (Å²) in [6.45, 7) is 12.0. The van der Waals surface area contributed by atoms with Gasteiger partial charge in [0.2, 0.25) is 0 Å². The zero-order valence-electron chi connectivity index (χ0n) is 12.4. The highest BCUT2D eigenvalue weighted by Gasteiger charge is 1.57.